The number of benzene rings is 2. The number of rotatable bonds is 4. The van der Waals surface area contributed by atoms with Crippen LogP contribution in [0.25, 0.3) is 10.8 Å². The summed E-state index contributed by atoms with van der Waals surface area (Å²) in [4.78, 5) is 22.8. The SMILES string of the molecule is C=C(C)C(=O)OC1Cc2cc(COC(C)=O)cc3cccc1c23. The molecule has 0 saturated heterocycles. The maximum Gasteiger partial charge on any atom is 0.333 e. The molecular formula is C19H18O4. The van der Waals surface area contributed by atoms with Crippen molar-refractivity contribution in [3.05, 3.63) is 59.2 Å². The van der Waals surface area contributed by atoms with Crippen LogP contribution in [0, 0.1) is 0 Å². The van der Waals surface area contributed by atoms with Gasteiger partial charge in [0.15, 0.2) is 0 Å². The van der Waals surface area contributed by atoms with Crippen molar-refractivity contribution in [3.63, 3.8) is 0 Å². The highest BCUT2D eigenvalue weighted by Crippen LogP contribution is 2.40. The van der Waals surface area contributed by atoms with Crippen molar-refractivity contribution in [2.24, 2.45) is 0 Å². The summed E-state index contributed by atoms with van der Waals surface area (Å²) in [5.74, 6) is -0.677. The van der Waals surface area contributed by atoms with Crippen LogP contribution < -0.4 is 0 Å². The molecule has 2 aromatic rings. The van der Waals surface area contributed by atoms with Gasteiger partial charge in [-0.3, -0.25) is 4.79 Å². The second kappa shape index (κ2) is 5.88. The minimum atomic E-state index is -0.375. The van der Waals surface area contributed by atoms with Crippen LogP contribution in [-0.2, 0) is 32.1 Å². The largest absolute Gasteiger partial charge is 0.461 e. The van der Waals surface area contributed by atoms with E-state index < -0.39 is 0 Å². The number of hydrogen-bond acceptors (Lipinski definition) is 4. The van der Waals surface area contributed by atoms with E-state index in [1.807, 2.05) is 30.3 Å². The molecule has 0 aromatic heterocycles. The Bertz CT molecular complexity index is 819. The van der Waals surface area contributed by atoms with Crippen molar-refractivity contribution in [2.75, 3.05) is 0 Å². The molecule has 0 fully saturated rings. The predicted octanol–water partition coefficient (Wildman–Crippen LogP) is 3.62. The van der Waals surface area contributed by atoms with Crippen LogP contribution in [0.1, 0.15) is 36.6 Å². The first-order chi connectivity index (χ1) is 11.0. The molecule has 4 heteroatoms. The first-order valence-corrected chi connectivity index (χ1v) is 7.50. The van der Waals surface area contributed by atoms with Crippen LogP contribution >= 0.6 is 0 Å². The molecule has 0 bridgehead atoms. The van der Waals surface area contributed by atoms with E-state index >= 15 is 0 Å². The lowest BCUT2D eigenvalue weighted by Gasteiger charge is -2.13. The van der Waals surface area contributed by atoms with Crippen molar-refractivity contribution in [3.8, 4) is 0 Å². The van der Waals surface area contributed by atoms with Gasteiger partial charge in [-0.1, -0.05) is 30.8 Å². The van der Waals surface area contributed by atoms with E-state index in [9.17, 15) is 9.59 Å². The second-order valence-corrected chi connectivity index (χ2v) is 5.86. The highest BCUT2D eigenvalue weighted by molar-refractivity contribution is 5.93. The molecule has 2 aromatic carbocycles. The number of carbonyl (C=O) groups is 2. The van der Waals surface area contributed by atoms with Crippen molar-refractivity contribution < 1.29 is 19.1 Å². The summed E-state index contributed by atoms with van der Waals surface area (Å²) in [6.07, 6.45) is 0.338. The third-order valence-corrected chi connectivity index (χ3v) is 3.94. The van der Waals surface area contributed by atoms with Crippen LogP contribution in [0.3, 0.4) is 0 Å². The molecule has 0 amide bonds. The van der Waals surface area contributed by atoms with E-state index in [1.165, 1.54) is 6.92 Å². The topological polar surface area (TPSA) is 52.6 Å². The summed E-state index contributed by atoms with van der Waals surface area (Å²) in [5, 5.41) is 2.19. The number of carbonyl (C=O) groups excluding carboxylic acids is 2. The normalized spacial score (nSPS) is 15.5. The molecule has 1 aliphatic rings. The Balaban J connectivity index is 1.95. The molecule has 23 heavy (non-hydrogen) atoms. The summed E-state index contributed by atoms with van der Waals surface area (Å²) < 4.78 is 10.6. The van der Waals surface area contributed by atoms with E-state index in [4.69, 9.17) is 9.47 Å². The Hall–Kier alpha value is -2.62. The van der Waals surface area contributed by atoms with Crippen molar-refractivity contribution in [2.45, 2.75) is 33.0 Å². The molecule has 3 rings (SSSR count). The van der Waals surface area contributed by atoms with E-state index in [2.05, 4.69) is 6.58 Å². The lowest BCUT2D eigenvalue weighted by atomic mass is 10.0. The lowest BCUT2D eigenvalue weighted by Crippen LogP contribution is -2.11. The molecule has 1 aliphatic carbocycles. The lowest BCUT2D eigenvalue weighted by molar-refractivity contribution is -0.144. The highest BCUT2D eigenvalue weighted by atomic mass is 16.5. The zero-order valence-corrected chi connectivity index (χ0v) is 13.2. The molecule has 0 saturated carbocycles. The monoisotopic (exact) mass is 310 g/mol. The molecule has 0 aliphatic heterocycles. The smallest absolute Gasteiger partial charge is 0.333 e. The Morgan fingerprint density at radius 3 is 2.74 bits per heavy atom. The number of hydrogen-bond donors (Lipinski definition) is 0. The zero-order chi connectivity index (χ0) is 16.6. The molecule has 0 radical (unpaired) electrons. The van der Waals surface area contributed by atoms with Crippen LogP contribution in [0.15, 0.2) is 42.5 Å². The predicted molar refractivity (Wildman–Crippen MR) is 86.8 cm³/mol. The summed E-state index contributed by atoms with van der Waals surface area (Å²) in [6, 6.07) is 9.98. The quantitative estimate of drug-likeness (QED) is 0.639. The minimum absolute atomic E-state index is 0.249. The molecule has 1 atom stereocenters. The van der Waals surface area contributed by atoms with Gasteiger partial charge in [0.05, 0.1) is 0 Å². The van der Waals surface area contributed by atoms with Crippen LogP contribution in [0.5, 0.6) is 0 Å². The van der Waals surface area contributed by atoms with Crippen molar-refractivity contribution >= 4 is 22.7 Å². The average Bonchev–Trinajstić information content (AvgIpc) is 2.84. The highest BCUT2D eigenvalue weighted by Gasteiger charge is 2.28. The molecule has 4 nitrogen and oxygen atoms in total. The van der Waals surface area contributed by atoms with Crippen molar-refractivity contribution in [1.29, 1.82) is 0 Å². The van der Waals surface area contributed by atoms with Crippen LogP contribution in [-0.4, -0.2) is 11.9 Å². The van der Waals surface area contributed by atoms with Gasteiger partial charge in [-0.2, -0.15) is 0 Å². The Kier molecular flexibility index (Phi) is 3.90. The average molecular weight is 310 g/mol. The van der Waals surface area contributed by atoms with Gasteiger partial charge in [-0.15, -0.1) is 0 Å². The molecule has 1 unspecified atom stereocenters. The van der Waals surface area contributed by atoms with Gasteiger partial charge in [-0.05, 0) is 34.9 Å². The maximum atomic E-state index is 11.8. The maximum absolute atomic E-state index is 11.8. The number of esters is 2. The zero-order valence-electron chi connectivity index (χ0n) is 13.2. The van der Waals surface area contributed by atoms with Gasteiger partial charge in [0.25, 0.3) is 0 Å². The van der Waals surface area contributed by atoms with E-state index in [-0.39, 0.29) is 24.6 Å². The summed E-state index contributed by atoms with van der Waals surface area (Å²) >= 11 is 0. The van der Waals surface area contributed by atoms with Gasteiger partial charge in [0.2, 0.25) is 0 Å². The third-order valence-electron chi connectivity index (χ3n) is 3.94. The molecule has 118 valence electrons. The Morgan fingerprint density at radius 1 is 1.26 bits per heavy atom. The first-order valence-electron chi connectivity index (χ1n) is 7.50. The minimum Gasteiger partial charge on any atom is -0.461 e. The van der Waals surface area contributed by atoms with Gasteiger partial charge in [0.1, 0.15) is 12.7 Å². The summed E-state index contributed by atoms with van der Waals surface area (Å²) in [5.41, 5.74) is 3.46. The van der Waals surface area contributed by atoms with E-state index in [1.54, 1.807) is 6.92 Å². The van der Waals surface area contributed by atoms with Gasteiger partial charge in [0, 0.05) is 24.5 Å². The van der Waals surface area contributed by atoms with Crippen LogP contribution in [0.4, 0.5) is 0 Å². The second-order valence-electron chi connectivity index (χ2n) is 5.86. The standard InChI is InChI=1S/C19H18O4/c1-11(2)19(21)23-17-9-15-8-13(10-22-12(3)20)7-14-5-4-6-16(17)18(14)15/h4-8,17H,1,9-10H2,2-3H3. The van der Waals surface area contributed by atoms with Crippen LogP contribution in [0.2, 0.25) is 0 Å². The molecule has 0 spiro atoms. The summed E-state index contributed by atoms with van der Waals surface area (Å²) in [6.45, 7) is 6.91. The Labute approximate surface area is 134 Å². The molecular weight excluding hydrogens is 292 g/mol. The van der Waals surface area contributed by atoms with E-state index in [0.717, 1.165) is 27.5 Å². The molecule has 0 N–H and O–H groups in total. The first kappa shape index (κ1) is 15.3. The summed E-state index contributed by atoms with van der Waals surface area (Å²) in [7, 11) is 0. The van der Waals surface area contributed by atoms with Crippen molar-refractivity contribution in [1.82, 2.24) is 0 Å². The van der Waals surface area contributed by atoms with Gasteiger partial charge < -0.3 is 9.47 Å². The van der Waals surface area contributed by atoms with Gasteiger partial charge in [-0.25, -0.2) is 4.79 Å². The van der Waals surface area contributed by atoms with Gasteiger partial charge >= 0.3 is 11.9 Å². The fraction of sp³-hybridized carbons (Fsp3) is 0.263. The van der Waals surface area contributed by atoms with E-state index in [0.29, 0.717) is 12.0 Å². The number of ether oxygens (including phenoxy) is 2. The fourth-order valence-electron chi connectivity index (χ4n) is 2.96. The fourth-order valence-corrected chi connectivity index (χ4v) is 2.96. The third kappa shape index (κ3) is 2.97. The molecule has 0 heterocycles. The Morgan fingerprint density at radius 2 is 2.04 bits per heavy atom.